The van der Waals surface area contributed by atoms with Crippen molar-refractivity contribution >= 4 is 29.4 Å². The molecule has 3 aromatic carbocycles. The Bertz CT molecular complexity index is 810. The Kier molecular flexibility index (Phi) is 5.57. The largest absolute Gasteiger partial charge is 0.311 e. The van der Waals surface area contributed by atoms with E-state index in [1.807, 2.05) is 48.6 Å². The van der Waals surface area contributed by atoms with E-state index in [4.69, 9.17) is 0 Å². The molecule has 25 heavy (non-hydrogen) atoms. The van der Waals surface area contributed by atoms with Gasteiger partial charge >= 0.3 is 0 Å². The standard InChI is InChI=1S/C23H19NO/c25-19-9-3-4-10-20-15-17-23(18-16-20)24(21-11-5-1-6-12-21)22-13-7-2-8-14-22/h1-19H. The molecule has 0 bridgehead atoms. The highest BCUT2D eigenvalue weighted by atomic mass is 16.1. The van der Waals surface area contributed by atoms with Crippen LogP contribution in [0, 0.1) is 0 Å². The van der Waals surface area contributed by atoms with Crippen LogP contribution in [0.3, 0.4) is 0 Å². The summed E-state index contributed by atoms with van der Waals surface area (Å²) in [5.74, 6) is 0. The quantitative estimate of drug-likeness (QED) is 0.318. The lowest BCUT2D eigenvalue weighted by molar-refractivity contribution is -0.104. The number of nitrogens with zero attached hydrogens (tertiary/aromatic N) is 1. The maximum absolute atomic E-state index is 10.3. The average Bonchev–Trinajstić information content (AvgIpc) is 2.68. The minimum absolute atomic E-state index is 0.769. The summed E-state index contributed by atoms with van der Waals surface area (Å²) in [6.45, 7) is 0. The molecule has 2 heteroatoms. The lowest BCUT2D eigenvalue weighted by Gasteiger charge is -2.25. The Morgan fingerprint density at radius 2 is 1.08 bits per heavy atom. The lowest BCUT2D eigenvalue weighted by atomic mass is 10.1. The van der Waals surface area contributed by atoms with Gasteiger partial charge in [0, 0.05) is 17.1 Å². The van der Waals surface area contributed by atoms with Crippen LogP contribution in [0.5, 0.6) is 0 Å². The van der Waals surface area contributed by atoms with Gasteiger partial charge in [0.15, 0.2) is 0 Å². The van der Waals surface area contributed by atoms with Gasteiger partial charge in [-0.1, -0.05) is 66.8 Å². The molecular formula is C23H19NO. The molecule has 0 aliphatic rings. The third-order valence-electron chi connectivity index (χ3n) is 3.77. The van der Waals surface area contributed by atoms with Gasteiger partial charge in [0.05, 0.1) is 0 Å². The number of carbonyl (C=O) groups is 1. The van der Waals surface area contributed by atoms with E-state index in [0.717, 1.165) is 28.9 Å². The number of rotatable bonds is 6. The number of carbonyl (C=O) groups excluding carboxylic acids is 1. The van der Waals surface area contributed by atoms with Crippen LogP contribution in [0.2, 0.25) is 0 Å². The zero-order chi connectivity index (χ0) is 17.3. The second kappa shape index (κ2) is 8.46. The lowest BCUT2D eigenvalue weighted by Crippen LogP contribution is -2.09. The number of aldehydes is 1. The Morgan fingerprint density at radius 1 is 0.560 bits per heavy atom. The highest BCUT2D eigenvalue weighted by Crippen LogP contribution is 2.34. The third kappa shape index (κ3) is 4.33. The van der Waals surface area contributed by atoms with E-state index < -0.39 is 0 Å². The number of para-hydroxylation sites is 2. The first-order valence-electron chi connectivity index (χ1n) is 8.17. The van der Waals surface area contributed by atoms with Gasteiger partial charge in [-0.25, -0.2) is 0 Å². The van der Waals surface area contributed by atoms with Crippen molar-refractivity contribution in [1.29, 1.82) is 0 Å². The van der Waals surface area contributed by atoms with Crippen molar-refractivity contribution < 1.29 is 4.79 Å². The van der Waals surface area contributed by atoms with Gasteiger partial charge in [-0.05, 0) is 48.0 Å². The molecule has 0 atom stereocenters. The van der Waals surface area contributed by atoms with E-state index in [1.165, 1.54) is 6.08 Å². The van der Waals surface area contributed by atoms with E-state index in [0.29, 0.717) is 0 Å². The van der Waals surface area contributed by atoms with Gasteiger partial charge in [-0.3, -0.25) is 4.79 Å². The first-order chi connectivity index (χ1) is 12.4. The second-order valence-corrected chi connectivity index (χ2v) is 5.48. The molecule has 0 aromatic heterocycles. The maximum Gasteiger partial charge on any atom is 0.142 e. The molecular weight excluding hydrogens is 306 g/mol. The van der Waals surface area contributed by atoms with E-state index in [-0.39, 0.29) is 0 Å². The molecule has 0 saturated heterocycles. The molecule has 2 nitrogen and oxygen atoms in total. The summed E-state index contributed by atoms with van der Waals surface area (Å²) in [6.07, 6.45) is 7.79. The summed E-state index contributed by atoms with van der Waals surface area (Å²) >= 11 is 0. The fourth-order valence-corrected chi connectivity index (χ4v) is 2.61. The highest BCUT2D eigenvalue weighted by Gasteiger charge is 2.10. The molecule has 0 aliphatic heterocycles. The summed E-state index contributed by atoms with van der Waals surface area (Å²) in [7, 11) is 0. The molecule has 0 spiro atoms. The van der Waals surface area contributed by atoms with E-state index in [1.54, 1.807) is 6.08 Å². The maximum atomic E-state index is 10.3. The molecule has 0 unspecified atom stereocenters. The van der Waals surface area contributed by atoms with Crippen molar-refractivity contribution in [2.24, 2.45) is 0 Å². The van der Waals surface area contributed by atoms with Crippen molar-refractivity contribution in [3.8, 4) is 0 Å². The van der Waals surface area contributed by atoms with Gasteiger partial charge in [0.2, 0.25) is 0 Å². The monoisotopic (exact) mass is 325 g/mol. The van der Waals surface area contributed by atoms with Crippen LogP contribution in [0.4, 0.5) is 17.1 Å². The SMILES string of the molecule is O=CC=CC=Cc1ccc(N(c2ccccc2)c2ccccc2)cc1. The second-order valence-electron chi connectivity index (χ2n) is 5.48. The smallest absolute Gasteiger partial charge is 0.142 e. The predicted octanol–water partition coefficient (Wildman–Crippen LogP) is 5.92. The molecule has 0 fully saturated rings. The third-order valence-corrected chi connectivity index (χ3v) is 3.77. The Morgan fingerprint density at radius 3 is 1.60 bits per heavy atom. The van der Waals surface area contributed by atoms with Crippen molar-refractivity contribution in [2.45, 2.75) is 0 Å². The first-order valence-corrected chi connectivity index (χ1v) is 8.17. The van der Waals surface area contributed by atoms with E-state index >= 15 is 0 Å². The molecule has 3 rings (SSSR count). The Balaban J connectivity index is 1.93. The molecule has 0 radical (unpaired) electrons. The zero-order valence-electron chi connectivity index (χ0n) is 13.8. The fourth-order valence-electron chi connectivity index (χ4n) is 2.61. The zero-order valence-corrected chi connectivity index (χ0v) is 13.8. The van der Waals surface area contributed by atoms with Crippen LogP contribution in [0.15, 0.2) is 103 Å². The van der Waals surface area contributed by atoms with Gasteiger partial charge in [-0.15, -0.1) is 0 Å². The Hall–Kier alpha value is -3.39. The number of allylic oxidation sites excluding steroid dienone is 3. The number of anilines is 3. The van der Waals surface area contributed by atoms with E-state index in [9.17, 15) is 4.79 Å². The molecule has 0 saturated carbocycles. The van der Waals surface area contributed by atoms with Crippen molar-refractivity contribution in [3.63, 3.8) is 0 Å². The topological polar surface area (TPSA) is 20.3 Å². The minimum Gasteiger partial charge on any atom is -0.311 e. The molecule has 122 valence electrons. The minimum atomic E-state index is 0.769. The molecule has 0 amide bonds. The molecule has 0 N–H and O–H groups in total. The van der Waals surface area contributed by atoms with Crippen LogP contribution >= 0.6 is 0 Å². The number of hydrogen-bond acceptors (Lipinski definition) is 2. The van der Waals surface area contributed by atoms with Crippen LogP contribution < -0.4 is 4.90 Å². The van der Waals surface area contributed by atoms with Crippen molar-refractivity contribution in [2.75, 3.05) is 4.90 Å². The molecule has 0 aliphatic carbocycles. The average molecular weight is 325 g/mol. The normalized spacial score (nSPS) is 11.0. The first kappa shape index (κ1) is 16.5. The van der Waals surface area contributed by atoms with Gasteiger partial charge in [-0.2, -0.15) is 0 Å². The number of benzene rings is 3. The van der Waals surface area contributed by atoms with Crippen LogP contribution in [0.1, 0.15) is 5.56 Å². The summed E-state index contributed by atoms with van der Waals surface area (Å²) in [5.41, 5.74) is 4.41. The van der Waals surface area contributed by atoms with Gasteiger partial charge in [0.25, 0.3) is 0 Å². The summed E-state index contributed by atoms with van der Waals surface area (Å²) in [5, 5.41) is 0. The van der Waals surface area contributed by atoms with Gasteiger partial charge in [0.1, 0.15) is 6.29 Å². The predicted molar refractivity (Wildman–Crippen MR) is 105 cm³/mol. The van der Waals surface area contributed by atoms with Crippen LogP contribution in [0.25, 0.3) is 6.08 Å². The van der Waals surface area contributed by atoms with Crippen molar-refractivity contribution in [1.82, 2.24) is 0 Å². The van der Waals surface area contributed by atoms with Crippen LogP contribution in [-0.2, 0) is 4.79 Å². The summed E-state index contributed by atoms with van der Waals surface area (Å²) < 4.78 is 0. The highest BCUT2D eigenvalue weighted by molar-refractivity contribution is 5.77. The Labute approximate surface area is 148 Å². The molecule has 3 aromatic rings. The van der Waals surface area contributed by atoms with E-state index in [2.05, 4.69) is 53.4 Å². The number of hydrogen-bond donors (Lipinski definition) is 0. The summed E-state index contributed by atoms with van der Waals surface area (Å²) in [4.78, 5) is 12.5. The fraction of sp³-hybridized carbons (Fsp3) is 0. The molecule has 0 heterocycles. The van der Waals surface area contributed by atoms with Crippen LogP contribution in [-0.4, -0.2) is 6.29 Å². The summed E-state index contributed by atoms with van der Waals surface area (Å²) in [6, 6.07) is 29.0. The van der Waals surface area contributed by atoms with Crippen molar-refractivity contribution in [3.05, 3.63) is 109 Å². The van der Waals surface area contributed by atoms with Gasteiger partial charge < -0.3 is 4.90 Å².